The van der Waals surface area contributed by atoms with E-state index in [2.05, 4.69) is 40.5 Å². The van der Waals surface area contributed by atoms with Crippen LogP contribution in [-0.4, -0.2) is 29.9 Å². The highest BCUT2D eigenvalue weighted by Gasteiger charge is 2.44. The monoisotopic (exact) mass is 379 g/mol. The van der Waals surface area contributed by atoms with Crippen LogP contribution in [0.4, 0.5) is 5.69 Å². The third-order valence-electron chi connectivity index (χ3n) is 6.43. The Hall–Kier alpha value is -1.84. The molecule has 1 aliphatic carbocycles. The van der Waals surface area contributed by atoms with Crippen LogP contribution in [0.2, 0.25) is 5.02 Å². The van der Waals surface area contributed by atoms with Crippen molar-refractivity contribution in [3.8, 4) is 0 Å². The van der Waals surface area contributed by atoms with Gasteiger partial charge < -0.3 is 10.2 Å². The summed E-state index contributed by atoms with van der Waals surface area (Å²) in [5.41, 5.74) is 3.97. The molecule has 1 saturated heterocycles. The number of nitrogens with one attached hydrogen (secondary N) is 1. The standard InChI is InChI=1S/C23H26ClN3/c24-19-6-3-4-17(14-19)16-25-22-23(10-12-27(13-11-23)20-8-9-20)15-18-5-1-2-7-21(18)26-22/h1-7,14,20H,8-13,15-16H2,(H,25,26). The number of aliphatic imine (C=N–C) groups is 1. The van der Waals surface area contributed by atoms with Crippen molar-refractivity contribution in [1.29, 1.82) is 0 Å². The molecule has 0 radical (unpaired) electrons. The Bertz CT molecular complexity index is 863. The molecule has 4 heteroatoms. The normalized spacial score (nSPS) is 23.2. The number of rotatable bonds is 3. The minimum absolute atomic E-state index is 0.151. The molecule has 3 aliphatic rings. The van der Waals surface area contributed by atoms with Crippen LogP contribution in [0, 0.1) is 5.41 Å². The molecule has 1 spiro atoms. The topological polar surface area (TPSA) is 27.6 Å². The van der Waals surface area contributed by atoms with Crippen molar-refractivity contribution >= 4 is 23.1 Å². The summed E-state index contributed by atoms with van der Waals surface area (Å²) >= 11 is 6.16. The number of nitrogens with zero attached hydrogens (tertiary/aromatic N) is 2. The van der Waals surface area contributed by atoms with Crippen molar-refractivity contribution in [2.45, 2.75) is 44.7 Å². The van der Waals surface area contributed by atoms with Crippen molar-refractivity contribution in [1.82, 2.24) is 4.90 Å². The van der Waals surface area contributed by atoms with Crippen LogP contribution in [-0.2, 0) is 13.0 Å². The lowest BCUT2D eigenvalue weighted by atomic mass is 9.70. The van der Waals surface area contributed by atoms with E-state index >= 15 is 0 Å². The molecule has 1 saturated carbocycles. The van der Waals surface area contributed by atoms with Crippen LogP contribution >= 0.6 is 11.6 Å². The van der Waals surface area contributed by atoms with Gasteiger partial charge in [-0.05, 0) is 74.5 Å². The Morgan fingerprint density at radius 1 is 1.07 bits per heavy atom. The number of piperidine rings is 1. The molecule has 0 aromatic heterocycles. The maximum atomic E-state index is 6.16. The van der Waals surface area contributed by atoms with E-state index in [9.17, 15) is 0 Å². The van der Waals surface area contributed by atoms with E-state index in [0.29, 0.717) is 6.54 Å². The minimum atomic E-state index is 0.151. The highest BCUT2D eigenvalue weighted by atomic mass is 35.5. The van der Waals surface area contributed by atoms with Crippen LogP contribution in [0.3, 0.4) is 0 Å². The van der Waals surface area contributed by atoms with Gasteiger partial charge in [-0.25, -0.2) is 0 Å². The number of hydrogen-bond donors (Lipinski definition) is 1. The molecular formula is C23H26ClN3. The molecule has 2 aromatic rings. The Balaban J connectivity index is 1.43. The molecule has 2 fully saturated rings. The van der Waals surface area contributed by atoms with Gasteiger partial charge in [0.15, 0.2) is 0 Å². The number of para-hydroxylation sites is 1. The van der Waals surface area contributed by atoms with Gasteiger partial charge >= 0.3 is 0 Å². The van der Waals surface area contributed by atoms with Crippen molar-refractivity contribution in [2.24, 2.45) is 10.4 Å². The molecule has 3 nitrogen and oxygen atoms in total. The molecule has 2 aromatic carbocycles. The summed E-state index contributed by atoms with van der Waals surface area (Å²) in [6.07, 6.45) is 6.27. The number of anilines is 1. The predicted molar refractivity (Wildman–Crippen MR) is 113 cm³/mol. The van der Waals surface area contributed by atoms with Gasteiger partial charge in [-0.1, -0.05) is 41.9 Å². The number of halogens is 1. The van der Waals surface area contributed by atoms with Gasteiger partial charge in [0.25, 0.3) is 0 Å². The van der Waals surface area contributed by atoms with Crippen LogP contribution in [0.25, 0.3) is 0 Å². The number of benzene rings is 2. The highest BCUT2D eigenvalue weighted by Crippen LogP contribution is 2.44. The first-order valence-electron chi connectivity index (χ1n) is 10.1. The highest BCUT2D eigenvalue weighted by molar-refractivity contribution is 6.30. The van der Waals surface area contributed by atoms with Gasteiger partial charge in [0, 0.05) is 22.2 Å². The van der Waals surface area contributed by atoms with Gasteiger partial charge in [0.1, 0.15) is 5.84 Å². The number of fused-ring (bicyclic) bond motifs is 1. The lowest BCUT2D eigenvalue weighted by molar-refractivity contribution is 0.144. The van der Waals surface area contributed by atoms with E-state index in [-0.39, 0.29) is 5.41 Å². The average Bonchev–Trinajstić information content (AvgIpc) is 3.52. The van der Waals surface area contributed by atoms with E-state index < -0.39 is 0 Å². The fraction of sp³-hybridized carbons (Fsp3) is 0.435. The molecule has 2 aliphatic heterocycles. The zero-order valence-electron chi connectivity index (χ0n) is 15.6. The van der Waals surface area contributed by atoms with Crippen LogP contribution in [0.1, 0.15) is 36.8 Å². The van der Waals surface area contributed by atoms with E-state index in [0.717, 1.165) is 17.5 Å². The molecule has 0 atom stereocenters. The summed E-state index contributed by atoms with van der Waals surface area (Å²) in [6.45, 7) is 3.08. The molecule has 5 rings (SSSR count). The lowest BCUT2D eigenvalue weighted by Gasteiger charge is -2.45. The first-order chi connectivity index (χ1) is 13.2. The quantitative estimate of drug-likeness (QED) is 0.798. The van der Waals surface area contributed by atoms with Crippen molar-refractivity contribution in [3.63, 3.8) is 0 Å². The number of likely N-dealkylation sites (tertiary alicyclic amines) is 1. The maximum Gasteiger partial charge on any atom is 0.108 e. The third-order valence-corrected chi connectivity index (χ3v) is 6.66. The third kappa shape index (κ3) is 3.51. The second kappa shape index (κ2) is 6.96. The van der Waals surface area contributed by atoms with Crippen molar-refractivity contribution in [3.05, 3.63) is 64.7 Å². The fourth-order valence-electron chi connectivity index (χ4n) is 4.69. The Kier molecular flexibility index (Phi) is 4.45. The Labute approximate surface area is 166 Å². The van der Waals surface area contributed by atoms with E-state index in [4.69, 9.17) is 16.6 Å². The van der Waals surface area contributed by atoms with Crippen molar-refractivity contribution in [2.75, 3.05) is 18.4 Å². The van der Waals surface area contributed by atoms with E-state index in [1.165, 1.54) is 61.4 Å². The van der Waals surface area contributed by atoms with Crippen molar-refractivity contribution < 1.29 is 0 Å². The first kappa shape index (κ1) is 17.3. The summed E-state index contributed by atoms with van der Waals surface area (Å²) in [4.78, 5) is 7.78. The molecule has 1 N–H and O–H groups in total. The molecule has 0 bridgehead atoms. The molecular weight excluding hydrogens is 354 g/mol. The predicted octanol–water partition coefficient (Wildman–Crippen LogP) is 5.15. The summed E-state index contributed by atoms with van der Waals surface area (Å²) in [5.74, 6) is 1.18. The van der Waals surface area contributed by atoms with Gasteiger partial charge in [-0.2, -0.15) is 0 Å². The summed E-state index contributed by atoms with van der Waals surface area (Å²) < 4.78 is 0. The first-order valence-corrected chi connectivity index (χ1v) is 10.5. The second-order valence-electron chi connectivity index (χ2n) is 8.30. The van der Waals surface area contributed by atoms with Gasteiger partial charge in [-0.15, -0.1) is 0 Å². The Morgan fingerprint density at radius 3 is 2.67 bits per heavy atom. The largest absolute Gasteiger partial charge is 0.343 e. The van der Waals surface area contributed by atoms with Crippen LogP contribution in [0.15, 0.2) is 53.5 Å². The second-order valence-corrected chi connectivity index (χ2v) is 8.74. The summed E-state index contributed by atoms with van der Waals surface area (Å²) in [5, 5.41) is 4.48. The van der Waals surface area contributed by atoms with Crippen LogP contribution in [0.5, 0.6) is 0 Å². The number of hydrogen-bond acceptors (Lipinski definition) is 2. The fourth-order valence-corrected chi connectivity index (χ4v) is 4.90. The van der Waals surface area contributed by atoms with Crippen LogP contribution < -0.4 is 5.32 Å². The zero-order valence-corrected chi connectivity index (χ0v) is 16.4. The van der Waals surface area contributed by atoms with Gasteiger partial charge in [0.05, 0.1) is 6.54 Å². The molecule has 2 heterocycles. The molecule has 140 valence electrons. The van der Waals surface area contributed by atoms with Gasteiger partial charge in [-0.3, -0.25) is 4.99 Å². The van der Waals surface area contributed by atoms with E-state index in [1.54, 1.807) is 0 Å². The molecule has 27 heavy (non-hydrogen) atoms. The molecule has 0 amide bonds. The average molecular weight is 380 g/mol. The minimum Gasteiger partial charge on any atom is -0.343 e. The molecule has 0 unspecified atom stereocenters. The zero-order chi connectivity index (χ0) is 18.3. The summed E-state index contributed by atoms with van der Waals surface area (Å²) in [7, 11) is 0. The van der Waals surface area contributed by atoms with E-state index in [1.807, 2.05) is 18.2 Å². The maximum absolute atomic E-state index is 6.16. The lowest BCUT2D eigenvalue weighted by Crippen LogP contribution is -2.50. The number of amidine groups is 1. The Morgan fingerprint density at radius 2 is 1.89 bits per heavy atom. The van der Waals surface area contributed by atoms with Gasteiger partial charge in [0.2, 0.25) is 0 Å². The summed E-state index contributed by atoms with van der Waals surface area (Å²) in [6, 6.07) is 17.6. The SMILES string of the molecule is Clc1cccc(CN=C2Nc3ccccc3CC23CCN(C2CC2)CC3)c1. The smallest absolute Gasteiger partial charge is 0.108 e.